The van der Waals surface area contributed by atoms with Gasteiger partial charge in [0.15, 0.2) is 0 Å². The van der Waals surface area contributed by atoms with Crippen LogP contribution in [0, 0.1) is 6.92 Å². The third-order valence-corrected chi connectivity index (χ3v) is 2.49. The highest BCUT2D eigenvalue weighted by molar-refractivity contribution is 5.85. The third-order valence-electron chi connectivity index (χ3n) is 2.49. The zero-order valence-electron chi connectivity index (χ0n) is 10.3. The van der Waals surface area contributed by atoms with Crippen molar-refractivity contribution in [2.24, 2.45) is 5.73 Å². The minimum atomic E-state index is -0.366. The molecule has 1 aromatic carbocycles. The molecule has 0 fully saturated rings. The fourth-order valence-electron chi connectivity index (χ4n) is 1.35. The molecule has 4 nitrogen and oxygen atoms in total. The van der Waals surface area contributed by atoms with Crippen LogP contribution in [-0.2, 0) is 20.9 Å². The monoisotopic (exact) mass is 271 g/mol. The Hall–Kier alpha value is -1.39. The first-order chi connectivity index (χ1) is 8.13. The molecule has 0 aliphatic carbocycles. The first-order valence-corrected chi connectivity index (χ1v) is 5.55. The van der Waals surface area contributed by atoms with Gasteiger partial charge >= 0.3 is 5.97 Å². The van der Waals surface area contributed by atoms with E-state index in [1.807, 2.05) is 31.2 Å². The topological polar surface area (TPSA) is 69.4 Å². The molecule has 1 aromatic rings. The van der Waals surface area contributed by atoms with Crippen LogP contribution in [0.2, 0.25) is 0 Å². The summed E-state index contributed by atoms with van der Waals surface area (Å²) in [7, 11) is 0. The summed E-state index contributed by atoms with van der Waals surface area (Å²) in [4.78, 5) is 22.2. The molecule has 0 atom stereocenters. The van der Waals surface area contributed by atoms with Gasteiger partial charge in [0.1, 0.15) is 12.4 Å². The minimum Gasteiger partial charge on any atom is -0.461 e. The predicted octanol–water partition coefficient (Wildman–Crippen LogP) is 1.77. The van der Waals surface area contributed by atoms with Crippen molar-refractivity contribution in [1.82, 2.24) is 0 Å². The highest BCUT2D eigenvalue weighted by Gasteiger charge is 2.07. The van der Waals surface area contributed by atoms with E-state index in [9.17, 15) is 9.59 Å². The number of nitrogens with two attached hydrogens (primary N) is 1. The summed E-state index contributed by atoms with van der Waals surface area (Å²) in [5, 5.41) is 0. The fourth-order valence-corrected chi connectivity index (χ4v) is 1.35. The van der Waals surface area contributed by atoms with Gasteiger partial charge in [0.05, 0.1) is 13.0 Å². The standard InChI is InChI=1S/C13H17NO3.ClH/c1-10-4-2-3-5-11(10)9-17-13(16)7-6-12(15)8-14;/h2-5H,6-9,14H2,1H3;1H. The molecule has 0 unspecified atom stereocenters. The molecule has 0 amide bonds. The van der Waals surface area contributed by atoms with Gasteiger partial charge in [-0.1, -0.05) is 24.3 Å². The second kappa shape index (κ2) is 8.66. The average molecular weight is 272 g/mol. The van der Waals surface area contributed by atoms with Crippen LogP contribution < -0.4 is 5.73 Å². The third kappa shape index (κ3) is 5.80. The van der Waals surface area contributed by atoms with Crippen LogP contribution in [0.3, 0.4) is 0 Å². The summed E-state index contributed by atoms with van der Waals surface area (Å²) in [6, 6.07) is 7.70. The number of benzene rings is 1. The molecule has 18 heavy (non-hydrogen) atoms. The molecule has 0 saturated heterocycles. The minimum absolute atomic E-state index is 0. The molecule has 100 valence electrons. The molecule has 0 heterocycles. The van der Waals surface area contributed by atoms with Gasteiger partial charge in [-0.15, -0.1) is 12.4 Å². The Balaban J connectivity index is 0.00000289. The maximum absolute atomic E-state index is 11.3. The van der Waals surface area contributed by atoms with E-state index in [-0.39, 0.29) is 50.2 Å². The van der Waals surface area contributed by atoms with Gasteiger partial charge in [0.25, 0.3) is 0 Å². The quantitative estimate of drug-likeness (QED) is 0.801. The molecule has 0 spiro atoms. The van der Waals surface area contributed by atoms with Crippen molar-refractivity contribution in [2.45, 2.75) is 26.4 Å². The summed E-state index contributed by atoms with van der Waals surface area (Å²) >= 11 is 0. The fraction of sp³-hybridized carbons (Fsp3) is 0.385. The summed E-state index contributed by atoms with van der Waals surface area (Å²) in [6.07, 6.45) is 0.255. The zero-order chi connectivity index (χ0) is 12.7. The molecule has 5 heteroatoms. The van der Waals surface area contributed by atoms with Crippen molar-refractivity contribution >= 4 is 24.2 Å². The Morgan fingerprint density at radius 1 is 1.22 bits per heavy atom. The van der Waals surface area contributed by atoms with Gasteiger partial charge in [-0.2, -0.15) is 0 Å². The van der Waals surface area contributed by atoms with Crippen molar-refractivity contribution in [3.8, 4) is 0 Å². The van der Waals surface area contributed by atoms with Gasteiger partial charge in [0.2, 0.25) is 0 Å². The number of carbonyl (C=O) groups is 2. The van der Waals surface area contributed by atoms with E-state index in [0.717, 1.165) is 11.1 Å². The lowest BCUT2D eigenvalue weighted by Gasteiger charge is -2.06. The Morgan fingerprint density at radius 2 is 1.89 bits per heavy atom. The summed E-state index contributed by atoms with van der Waals surface area (Å²) < 4.78 is 5.07. The molecule has 0 aliphatic heterocycles. The SMILES string of the molecule is Cc1ccccc1COC(=O)CCC(=O)CN.Cl. The van der Waals surface area contributed by atoms with Crippen LogP contribution in [0.15, 0.2) is 24.3 Å². The number of carbonyl (C=O) groups excluding carboxylic acids is 2. The second-order valence-electron chi connectivity index (χ2n) is 3.83. The maximum atomic E-state index is 11.3. The number of aryl methyl sites for hydroxylation is 1. The number of ketones is 1. The Labute approximate surface area is 113 Å². The summed E-state index contributed by atoms with van der Waals surface area (Å²) in [5.74, 6) is -0.493. The van der Waals surface area contributed by atoms with Gasteiger partial charge in [-0.25, -0.2) is 0 Å². The van der Waals surface area contributed by atoms with E-state index < -0.39 is 0 Å². The molecule has 2 N–H and O–H groups in total. The number of hydrogen-bond acceptors (Lipinski definition) is 4. The smallest absolute Gasteiger partial charge is 0.306 e. The van der Waals surface area contributed by atoms with E-state index in [1.54, 1.807) is 0 Å². The molecule has 1 rings (SSSR count). The lowest BCUT2D eigenvalue weighted by Crippen LogP contribution is -2.15. The van der Waals surface area contributed by atoms with Crippen LogP contribution in [0.4, 0.5) is 0 Å². The van der Waals surface area contributed by atoms with E-state index in [2.05, 4.69) is 0 Å². The molecule has 0 bridgehead atoms. The number of rotatable bonds is 6. The van der Waals surface area contributed by atoms with Gasteiger partial charge in [-0.3, -0.25) is 9.59 Å². The molecular weight excluding hydrogens is 254 g/mol. The summed E-state index contributed by atoms with van der Waals surface area (Å²) in [6.45, 7) is 2.19. The maximum Gasteiger partial charge on any atom is 0.306 e. The van der Waals surface area contributed by atoms with E-state index >= 15 is 0 Å². The van der Waals surface area contributed by atoms with E-state index in [1.165, 1.54) is 0 Å². The second-order valence-corrected chi connectivity index (χ2v) is 3.83. The number of esters is 1. The van der Waals surface area contributed by atoms with Crippen molar-refractivity contribution in [2.75, 3.05) is 6.54 Å². The summed E-state index contributed by atoms with van der Waals surface area (Å²) in [5.41, 5.74) is 7.20. The van der Waals surface area contributed by atoms with E-state index in [0.29, 0.717) is 0 Å². The van der Waals surface area contributed by atoms with Crippen LogP contribution in [0.1, 0.15) is 24.0 Å². The van der Waals surface area contributed by atoms with Crippen LogP contribution in [0.5, 0.6) is 0 Å². The van der Waals surface area contributed by atoms with Crippen molar-refractivity contribution in [1.29, 1.82) is 0 Å². The first-order valence-electron chi connectivity index (χ1n) is 5.55. The lowest BCUT2D eigenvalue weighted by atomic mass is 10.1. The first kappa shape index (κ1) is 16.6. The lowest BCUT2D eigenvalue weighted by molar-refractivity contribution is -0.146. The van der Waals surface area contributed by atoms with Crippen molar-refractivity contribution < 1.29 is 14.3 Å². The molecule has 0 aliphatic rings. The number of ether oxygens (including phenoxy) is 1. The van der Waals surface area contributed by atoms with Crippen LogP contribution in [0.25, 0.3) is 0 Å². The predicted molar refractivity (Wildman–Crippen MR) is 71.5 cm³/mol. The molecule has 0 saturated carbocycles. The van der Waals surface area contributed by atoms with Gasteiger partial charge in [-0.05, 0) is 18.1 Å². The highest BCUT2D eigenvalue weighted by atomic mass is 35.5. The van der Waals surface area contributed by atoms with E-state index in [4.69, 9.17) is 10.5 Å². The normalized spacial score (nSPS) is 9.44. The largest absolute Gasteiger partial charge is 0.461 e. The van der Waals surface area contributed by atoms with Crippen LogP contribution >= 0.6 is 12.4 Å². The highest BCUT2D eigenvalue weighted by Crippen LogP contribution is 2.09. The average Bonchev–Trinajstić information content (AvgIpc) is 2.35. The van der Waals surface area contributed by atoms with Crippen molar-refractivity contribution in [3.05, 3.63) is 35.4 Å². The molecule has 0 radical (unpaired) electrons. The van der Waals surface area contributed by atoms with Crippen molar-refractivity contribution in [3.63, 3.8) is 0 Å². The van der Waals surface area contributed by atoms with Crippen LogP contribution in [-0.4, -0.2) is 18.3 Å². The van der Waals surface area contributed by atoms with Gasteiger partial charge in [0, 0.05) is 6.42 Å². The Morgan fingerprint density at radius 3 is 2.50 bits per heavy atom. The molecular formula is C13H18ClNO3. The number of Topliss-reactive ketones (excluding diaryl/α,β-unsaturated/α-hetero) is 1. The Kier molecular flexibility index (Phi) is 8.00. The molecule has 0 aromatic heterocycles. The number of halogens is 1. The zero-order valence-corrected chi connectivity index (χ0v) is 11.2. The Bertz CT molecular complexity index is 407. The van der Waals surface area contributed by atoms with Gasteiger partial charge < -0.3 is 10.5 Å². The number of hydrogen-bond donors (Lipinski definition) is 1.